The van der Waals surface area contributed by atoms with Gasteiger partial charge in [-0.3, -0.25) is 4.68 Å². The van der Waals surface area contributed by atoms with E-state index in [0.717, 1.165) is 36.8 Å². The fourth-order valence-corrected chi connectivity index (χ4v) is 4.35. The van der Waals surface area contributed by atoms with Crippen molar-refractivity contribution in [3.63, 3.8) is 0 Å². The molecule has 0 aromatic carbocycles. The van der Waals surface area contributed by atoms with Crippen LogP contribution in [0.15, 0.2) is 12.1 Å². The molecule has 0 unspecified atom stereocenters. The van der Waals surface area contributed by atoms with Crippen LogP contribution < -0.4 is 10.2 Å². The second kappa shape index (κ2) is 7.73. The van der Waals surface area contributed by atoms with Gasteiger partial charge in [0.1, 0.15) is 5.82 Å². The normalized spacial score (nSPS) is 20.1. The predicted octanol–water partition coefficient (Wildman–Crippen LogP) is 3.77. The van der Waals surface area contributed by atoms with Crippen LogP contribution in [0.5, 0.6) is 0 Å². The maximum atomic E-state index is 4.95. The number of hydrogen-bond acceptors (Lipinski definition) is 4. The summed E-state index contributed by atoms with van der Waals surface area (Å²) in [5, 5.41) is 9.67. The minimum Gasteiger partial charge on any atom is -0.357 e. The first-order valence-electron chi connectivity index (χ1n) is 10.1. The third kappa shape index (κ3) is 3.81. The molecular formula is C20H31N5. The molecule has 0 bridgehead atoms. The van der Waals surface area contributed by atoms with Crippen molar-refractivity contribution < 1.29 is 0 Å². The van der Waals surface area contributed by atoms with Gasteiger partial charge in [0.2, 0.25) is 0 Å². The molecule has 0 atom stereocenters. The second-order valence-electron chi connectivity index (χ2n) is 7.73. The predicted molar refractivity (Wildman–Crippen MR) is 103 cm³/mol. The maximum absolute atomic E-state index is 4.95. The lowest BCUT2D eigenvalue weighted by Gasteiger charge is -2.22. The molecule has 1 saturated heterocycles. The van der Waals surface area contributed by atoms with Crippen molar-refractivity contribution in [2.45, 2.75) is 70.4 Å². The van der Waals surface area contributed by atoms with Gasteiger partial charge < -0.3 is 10.2 Å². The van der Waals surface area contributed by atoms with Gasteiger partial charge in [-0.15, -0.1) is 0 Å². The summed E-state index contributed by atoms with van der Waals surface area (Å²) < 4.78 is 1.95. The van der Waals surface area contributed by atoms with E-state index < -0.39 is 0 Å². The number of hydrogen-bond donors (Lipinski definition) is 1. The fourth-order valence-electron chi connectivity index (χ4n) is 4.35. The van der Waals surface area contributed by atoms with Crippen molar-refractivity contribution in [1.29, 1.82) is 0 Å². The third-order valence-electron chi connectivity index (χ3n) is 5.84. The summed E-state index contributed by atoms with van der Waals surface area (Å²) >= 11 is 0. The van der Waals surface area contributed by atoms with E-state index in [9.17, 15) is 0 Å². The van der Waals surface area contributed by atoms with Gasteiger partial charge in [-0.1, -0.05) is 32.1 Å². The van der Waals surface area contributed by atoms with Gasteiger partial charge in [-0.25, -0.2) is 4.98 Å². The molecule has 2 aliphatic rings. The van der Waals surface area contributed by atoms with E-state index >= 15 is 0 Å². The Kier molecular flexibility index (Phi) is 5.20. The van der Waals surface area contributed by atoms with Gasteiger partial charge in [0.05, 0.1) is 5.69 Å². The first-order valence-corrected chi connectivity index (χ1v) is 10.1. The van der Waals surface area contributed by atoms with Crippen molar-refractivity contribution in [3.8, 4) is 0 Å². The number of aryl methyl sites for hydroxylation is 1. The van der Waals surface area contributed by atoms with Crippen molar-refractivity contribution in [2.24, 2.45) is 7.05 Å². The van der Waals surface area contributed by atoms with Gasteiger partial charge in [0.25, 0.3) is 0 Å². The zero-order valence-corrected chi connectivity index (χ0v) is 15.5. The van der Waals surface area contributed by atoms with Crippen molar-refractivity contribution >= 4 is 16.9 Å². The van der Waals surface area contributed by atoms with Crippen LogP contribution in [0.1, 0.15) is 63.5 Å². The van der Waals surface area contributed by atoms with Crippen LogP contribution in [-0.4, -0.2) is 33.9 Å². The lowest BCUT2D eigenvalue weighted by Crippen LogP contribution is -2.30. The average Bonchev–Trinajstić information content (AvgIpc) is 2.83. The average molecular weight is 342 g/mol. The van der Waals surface area contributed by atoms with E-state index in [-0.39, 0.29) is 0 Å². The van der Waals surface area contributed by atoms with Crippen LogP contribution in [0.4, 0.5) is 5.82 Å². The number of fused-ring (bicyclic) bond motifs is 1. The zero-order valence-electron chi connectivity index (χ0n) is 15.5. The van der Waals surface area contributed by atoms with Gasteiger partial charge in [0.15, 0.2) is 5.65 Å². The Labute approximate surface area is 150 Å². The summed E-state index contributed by atoms with van der Waals surface area (Å²) in [6.45, 7) is 3.12. The zero-order chi connectivity index (χ0) is 17.1. The standard InChI is InChI=1S/C20H31N5/c1-24-20-17(18(23-24)15-21-16-9-5-4-6-10-16)11-12-19(22-20)25-13-7-2-3-8-14-25/h11-12,16,21H,2-10,13-15H2,1H3. The summed E-state index contributed by atoms with van der Waals surface area (Å²) in [5.41, 5.74) is 2.15. The number of aromatic nitrogens is 3. The molecular weight excluding hydrogens is 310 g/mol. The SMILES string of the molecule is Cn1nc(CNC2CCCCC2)c2ccc(N3CCCCCC3)nc21. The van der Waals surface area contributed by atoms with E-state index in [1.54, 1.807) is 0 Å². The number of nitrogens with zero attached hydrogens (tertiary/aromatic N) is 4. The van der Waals surface area contributed by atoms with Crippen LogP contribution in [0, 0.1) is 0 Å². The molecule has 1 aliphatic carbocycles. The molecule has 5 nitrogen and oxygen atoms in total. The van der Waals surface area contributed by atoms with Crippen molar-refractivity contribution in [2.75, 3.05) is 18.0 Å². The molecule has 1 aliphatic heterocycles. The topological polar surface area (TPSA) is 46.0 Å². The van der Waals surface area contributed by atoms with Crippen molar-refractivity contribution in [3.05, 3.63) is 17.8 Å². The first-order chi connectivity index (χ1) is 12.3. The van der Waals surface area contributed by atoms with E-state index in [1.807, 2.05) is 11.7 Å². The van der Waals surface area contributed by atoms with Gasteiger partial charge in [-0.05, 0) is 37.8 Å². The van der Waals surface area contributed by atoms with Crippen molar-refractivity contribution in [1.82, 2.24) is 20.1 Å². The molecule has 0 spiro atoms. The molecule has 1 saturated carbocycles. The third-order valence-corrected chi connectivity index (χ3v) is 5.84. The lowest BCUT2D eigenvalue weighted by atomic mass is 9.95. The van der Waals surface area contributed by atoms with Gasteiger partial charge >= 0.3 is 0 Å². The Balaban J connectivity index is 1.51. The highest BCUT2D eigenvalue weighted by molar-refractivity contribution is 5.80. The van der Waals surface area contributed by atoms with Crippen LogP contribution in [0.3, 0.4) is 0 Å². The van der Waals surface area contributed by atoms with E-state index in [2.05, 4.69) is 22.3 Å². The second-order valence-corrected chi connectivity index (χ2v) is 7.73. The Bertz CT molecular complexity index is 693. The molecule has 0 amide bonds. The lowest BCUT2D eigenvalue weighted by molar-refractivity contribution is 0.371. The smallest absolute Gasteiger partial charge is 0.160 e. The molecule has 2 aromatic rings. The Morgan fingerprint density at radius 2 is 1.72 bits per heavy atom. The molecule has 136 valence electrons. The molecule has 5 heteroatoms. The van der Waals surface area contributed by atoms with Crippen LogP contribution in [-0.2, 0) is 13.6 Å². The van der Waals surface area contributed by atoms with E-state index in [4.69, 9.17) is 10.1 Å². The maximum Gasteiger partial charge on any atom is 0.160 e. The summed E-state index contributed by atoms with van der Waals surface area (Å²) in [6, 6.07) is 5.09. The largest absolute Gasteiger partial charge is 0.357 e. The molecule has 25 heavy (non-hydrogen) atoms. The number of rotatable bonds is 4. The Hall–Kier alpha value is -1.62. The monoisotopic (exact) mass is 341 g/mol. The summed E-state index contributed by atoms with van der Waals surface area (Å²) in [4.78, 5) is 7.40. The first kappa shape index (κ1) is 16.8. The highest BCUT2D eigenvalue weighted by atomic mass is 15.3. The Morgan fingerprint density at radius 1 is 1.00 bits per heavy atom. The fraction of sp³-hybridized carbons (Fsp3) is 0.700. The minimum atomic E-state index is 0.662. The van der Waals surface area contributed by atoms with E-state index in [1.165, 1.54) is 63.2 Å². The van der Waals surface area contributed by atoms with E-state index in [0.29, 0.717) is 6.04 Å². The molecule has 0 radical (unpaired) electrons. The molecule has 2 fully saturated rings. The Morgan fingerprint density at radius 3 is 2.48 bits per heavy atom. The van der Waals surface area contributed by atoms with Crippen LogP contribution in [0.2, 0.25) is 0 Å². The highest BCUT2D eigenvalue weighted by Crippen LogP contribution is 2.24. The number of pyridine rings is 1. The van der Waals surface area contributed by atoms with Gasteiger partial charge in [0, 0.05) is 38.1 Å². The van der Waals surface area contributed by atoms with Gasteiger partial charge in [-0.2, -0.15) is 5.10 Å². The van der Waals surface area contributed by atoms with Crippen LogP contribution in [0.25, 0.3) is 11.0 Å². The van der Waals surface area contributed by atoms with Crippen LogP contribution >= 0.6 is 0 Å². The number of nitrogens with one attached hydrogen (secondary N) is 1. The number of anilines is 1. The summed E-state index contributed by atoms with van der Waals surface area (Å²) in [5.74, 6) is 1.11. The minimum absolute atomic E-state index is 0.662. The summed E-state index contributed by atoms with van der Waals surface area (Å²) in [7, 11) is 2.02. The molecule has 4 rings (SSSR count). The quantitative estimate of drug-likeness (QED) is 0.919. The molecule has 1 N–H and O–H groups in total. The highest BCUT2D eigenvalue weighted by Gasteiger charge is 2.17. The molecule has 2 aromatic heterocycles. The summed E-state index contributed by atoms with van der Waals surface area (Å²) in [6.07, 6.45) is 12.0. The molecule has 3 heterocycles.